The Morgan fingerprint density at radius 3 is 2.87 bits per heavy atom. The van der Waals surface area contributed by atoms with Gasteiger partial charge in [-0.3, -0.25) is 24.4 Å². The van der Waals surface area contributed by atoms with Gasteiger partial charge in [0.2, 0.25) is 5.91 Å². The number of aromatic amines is 2. The molecule has 3 aromatic carbocycles. The number of rotatable bonds is 10. The number of nitrogens with zero attached hydrogens (tertiary/aromatic N) is 1. The largest absolute Gasteiger partial charge is 0.417 e. The Morgan fingerprint density at radius 1 is 1.11 bits per heavy atom. The summed E-state index contributed by atoms with van der Waals surface area (Å²) in [5, 5.41) is 13.4. The van der Waals surface area contributed by atoms with Crippen molar-refractivity contribution in [2.24, 2.45) is 0 Å². The van der Waals surface area contributed by atoms with E-state index in [1.165, 1.54) is 11.9 Å². The third kappa shape index (κ3) is 5.62. The zero-order valence-electron chi connectivity index (χ0n) is 20.3. The quantitative estimate of drug-likeness (QED) is 0.136. The number of hydrogen-bond donors (Lipinski definition) is 5. The summed E-state index contributed by atoms with van der Waals surface area (Å²) in [6, 6.07) is 16.3. The lowest BCUT2D eigenvalue weighted by molar-refractivity contribution is -0.120. The molecule has 5 rings (SSSR count). The first kappa shape index (κ1) is 25.3. The molecule has 0 aliphatic rings. The van der Waals surface area contributed by atoms with Gasteiger partial charge in [0, 0.05) is 40.7 Å². The number of amides is 2. The zero-order valence-corrected chi connectivity index (χ0v) is 21.1. The smallest absolute Gasteiger partial charge is 0.408 e. The van der Waals surface area contributed by atoms with E-state index in [1.54, 1.807) is 43.6 Å². The molecule has 5 aromatic rings. The lowest BCUT2D eigenvalue weighted by Crippen LogP contribution is -2.22. The predicted molar refractivity (Wildman–Crippen MR) is 145 cm³/mol. The molecule has 0 saturated heterocycles. The molecule has 194 valence electrons. The van der Waals surface area contributed by atoms with E-state index in [0.29, 0.717) is 35.5 Å². The van der Waals surface area contributed by atoms with Crippen LogP contribution in [0.2, 0.25) is 0 Å². The van der Waals surface area contributed by atoms with Crippen LogP contribution < -0.4 is 21.1 Å². The molecular weight excluding hydrogens is 508 g/mol. The summed E-state index contributed by atoms with van der Waals surface area (Å²) in [5.74, 6) is -1.10. The van der Waals surface area contributed by atoms with Crippen molar-refractivity contribution in [2.45, 2.75) is 4.90 Å². The van der Waals surface area contributed by atoms with Crippen LogP contribution in [-0.4, -0.2) is 53.8 Å². The van der Waals surface area contributed by atoms with Crippen molar-refractivity contribution in [3.05, 3.63) is 76.9 Å². The summed E-state index contributed by atoms with van der Waals surface area (Å²) in [5.41, 5.74) is 4.41. The fraction of sp³-hybridized carbons (Fsp3) is 0.154. The van der Waals surface area contributed by atoms with E-state index in [0.717, 1.165) is 26.9 Å². The standard InChI is InChI=1S/C26H24N6O5S/c1-27-25(34)20-11-16(5-7-18(20)19-4-2-3-15-13-28-32-24(15)19)30-23(33)14-36-10-9-29-38-17-6-8-22-21(12-17)31-26(35)37-22/h2-8,11-13,29H,9-10,14H2,1H3,(H,27,34)(H,28,32)(H,30,33)(H,31,35). The molecule has 2 amide bonds. The van der Waals surface area contributed by atoms with Crippen LogP contribution in [0, 0.1) is 0 Å². The number of aromatic nitrogens is 3. The average molecular weight is 533 g/mol. The number of carbonyl (C=O) groups is 2. The summed E-state index contributed by atoms with van der Waals surface area (Å²) in [6.45, 7) is 0.660. The van der Waals surface area contributed by atoms with Gasteiger partial charge in [0.15, 0.2) is 5.58 Å². The van der Waals surface area contributed by atoms with Gasteiger partial charge < -0.3 is 19.8 Å². The number of nitrogens with one attached hydrogen (secondary N) is 5. The first-order valence-corrected chi connectivity index (χ1v) is 12.5. The Balaban J connectivity index is 1.14. The Bertz CT molecular complexity index is 1670. The van der Waals surface area contributed by atoms with Gasteiger partial charge in [0.1, 0.15) is 6.61 Å². The molecule has 0 bridgehead atoms. The van der Waals surface area contributed by atoms with E-state index in [2.05, 4.69) is 30.5 Å². The van der Waals surface area contributed by atoms with Gasteiger partial charge in [-0.15, -0.1) is 0 Å². The van der Waals surface area contributed by atoms with Crippen molar-refractivity contribution >= 4 is 51.5 Å². The summed E-state index contributed by atoms with van der Waals surface area (Å²) >= 11 is 1.37. The van der Waals surface area contributed by atoms with Crippen molar-refractivity contribution < 1.29 is 18.7 Å². The van der Waals surface area contributed by atoms with E-state index in [1.807, 2.05) is 24.3 Å². The number of H-pyrrole nitrogens is 2. The molecule has 0 saturated carbocycles. The van der Waals surface area contributed by atoms with Gasteiger partial charge in [0.05, 0.1) is 23.8 Å². The number of carbonyl (C=O) groups excluding carboxylic acids is 2. The molecule has 0 atom stereocenters. The topological polar surface area (TPSA) is 154 Å². The van der Waals surface area contributed by atoms with Crippen molar-refractivity contribution in [1.82, 2.24) is 25.2 Å². The average Bonchev–Trinajstić information content (AvgIpc) is 3.55. The predicted octanol–water partition coefficient (Wildman–Crippen LogP) is 3.28. The maximum Gasteiger partial charge on any atom is 0.417 e. The van der Waals surface area contributed by atoms with E-state index in [9.17, 15) is 14.4 Å². The Morgan fingerprint density at radius 2 is 2.00 bits per heavy atom. The number of benzene rings is 3. The fourth-order valence-corrected chi connectivity index (χ4v) is 4.64. The minimum absolute atomic E-state index is 0.140. The molecular formula is C26H24N6O5S. The third-order valence-corrected chi connectivity index (χ3v) is 6.54. The number of ether oxygens (including phenoxy) is 1. The maximum absolute atomic E-state index is 12.7. The molecule has 0 aliphatic heterocycles. The highest BCUT2D eigenvalue weighted by Gasteiger charge is 2.16. The van der Waals surface area contributed by atoms with Crippen molar-refractivity contribution in [3.8, 4) is 11.1 Å². The van der Waals surface area contributed by atoms with Crippen LogP contribution in [-0.2, 0) is 9.53 Å². The number of anilines is 1. The fourth-order valence-electron chi connectivity index (χ4n) is 3.98. The van der Waals surface area contributed by atoms with Crippen LogP contribution in [0.1, 0.15) is 10.4 Å². The van der Waals surface area contributed by atoms with Crippen molar-refractivity contribution in [1.29, 1.82) is 0 Å². The summed E-state index contributed by atoms with van der Waals surface area (Å²) in [7, 11) is 1.56. The molecule has 0 unspecified atom stereocenters. The van der Waals surface area contributed by atoms with Crippen LogP contribution in [0.4, 0.5) is 5.69 Å². The van der Waals surface area contributed by atoms with Gasteiger partial charge in [0.25, 0.3) is 5.91 Å². The highest BCUT2D eigenvalue weighted by molar-refractivity contribution is 7.97. The van der Waals surface area contributed by atoms with Crippen LogP contribution in [0.15, 0.2) is 74.9 Å². The molecule has 0 aliphatic carbocycles. The SMILES string of the molecule is CNC(=O)c1cc(NC(=O)COCCNSc2ccc3oc(=O)[nH]c3c2)ccc1-c1cccc2cn[nH]c12. The molecule has 0 radical (unpaired) electrons. The van der Waals surface area contributed by atoms with Crippen LogP contribution in [0.3, 0.4) is 0 Å². The van der Waals surface area contributed by atoms with Crippen molar-refractivity contribution in [3.63, 3.8) is 0 Å². The molecule has 38 heavy (non-hydrogen) atoms. The first-order chi connectivity index (χ1) is 18.5. The van der Waals surface area contributed by atoms with Crippen LogP contribution in [0.25, 0.3) is 33.1 Å². The first-order valence-electron chi connectivity index (χ1n) is 11.7. The molecule has 11 nitrogen and oxygen atoms in total. The van der Waals surface area contributed by atoms with E-state index in [4.69, 9.17) is 9.15 Å². The second-order valence-corrected chi connectivity index (χ2v) is 9.21. The normalized spacial score (nSPS) is 11.2. The second kappa shape index (κ2) is 11.3. The van der Waals surface area contributed by atoms with E-state index >= 15 is 0 Å². The van der Waals surface area contributed by atoms with E-state index < -0.39 is 5.76 Å². The molecule has 5 N–H and O–H groups in total. The Labute approximate surface area is 220 Å². The summed E-state index contributed by atoms with van der Waals surface area (Å²) in [4.78, 5) is 39.8. The van der Waals surface area contributed by atoms with Gasteiger partial charge in [-0.2, -0.15) is 5.10 Å². The van der Waals surface area contributed by atoms with Gasteiger partial charge >= 0.3 is 5.76 Å². The van der Waals surface area contributed by atoms with Gasteiger partial charge in [-0.25, -0.2) is 4.79 Å². The van der Waals surface area contributed by atoms with Crippen molar-refractivity contribution in [2.75, 3.05) is 32.1 Å². The highest BCUT2D eigenvalue weighted by atomic mass is 32.2. The highest BCUT2D eigenvalue weighted by Crippen LogP contribution is 2.31. The molecule has 2 heterocycles. The third-order valence-electron chi connectivity index (χ3n) is 5.70. The molecule has 0 spiro atoms. The minimum atomic E-state index is -0.491. The molecule has 2 aromatic heterocycles. The second-order valence-electron chi connectivity index (χ2n) is 8.25. The van der Waals surface area contributed by atoms with E-state index in [-0.39, 0.29) is 18.4 Å². The van der Waals surface area contributed by atoms with Crippen LogP contribution >= 0.6 is 11.9 Å². The monoisotopic (exact) mass is 532 g/mol. The van der Waals surface area contributed by atoms with Gasteiger partial charge in [-0.1, -0.05) is 24.3 Å². The summed E-state index contributed by atoms with van der Waals surface area (Å²) in [6.07, 6.45) is 1.73. The lowest BCUT2D eigenvalue weighted by Gasteiger charge is -2.13. The Kier molecular flexibility index (Phi) is 7.54. The Hall–Kier alpha value is -4.39. The minimum Gasteiger partial charge on any atom is -0.408 e. The number of para-hydroxylation sites is 1. The van der Waals surface area contributed by atoms with Gasteiger partial charge in [-0.05, 0) is 47.8 Å². The molecule has 0 fully saturated rings. The molecule has 12 heteroatoms. The summed E-state index contributed by atoms with van der Waals surface area (Å²) < 4.78 is 13.6. The number of hydrogen-bond acceptors (Lipinski definition) is 8. The number of oxazole rings is 1. The lowest BCUT2D eigenvalue weighted by atomic mass is 9.96. The zero-order chi connectivity index (χ0) is 26.5. The number of fused-ring (bicyclic) bond motifs is 2. The maximum atomic E-state index is 12.7. The van der Waals surface area contributed by atoms with Crippen LogP contribution in [0.5, 0.6) is 0 Å².